The Kier molecular flexibility index (Phi) is 3.76. The molecule has 1 saturated heterocycles. The van der Waals surface area contributed by atoms with Gasteiger partial charge in [-0.3, -0.25) is 4.79 Å². The number of aryl methyl sites for hydroxylation is 1. The summed E-state index contributed by atoms with van der Waals surface area (Å²) in [5.74, 6) is 0.586. The van der Waals surface area contributed by atoms with Crippen LogP contribution in [0.3, 0.4) is 0 Å². The zero-order valence-electron chi connectivity index (χ0n) is 10.2. The van der Waals surface area contributed by atoms with Gasteiger partial charge in [0, 0.05) is 12.2 Å². The van der Waals surface area contributed by atoms with E-state index in [1.807, 2.05) is 19.1 Å². The van der Waals surface area contributed by atoms with Gasteiger partial charge in [-0.05, 0) is 31.9 Å². The molecule has 1 fully saturated rings. The van der Waals surface area contributed by atoms with Crippen LogP contribution in [0.25, 0.3) is 0 Å². The molecule has 1 aliphatic rings. The van der Waals surface area contributed by atoms with E-state index in [-0.39, 0.29) is 16.9 Å². The fourth-order valence-corrected chi connectivity index (χ4v) is 2.11. The van der Waals surface area contributed by atoms with Gasteiger partial charge < -0.3 is 16.4 Å². The molecule has 1 aromatic rings. The minimum absolute atomic E-state index is 0.00144. The summed E-state index contributed by atoms with van der Waals surface area (Å²) in [6.45, 7) is 2.62. The van der Waals surface area contributed by atoms with Crippen molar-refractivity contribution >= 4 is 28.9 Å². The maximum absolute atomic E-state index is 11.7. The molecular formula is C12H16N4OS. The molecule has 0 radical (unpaired) electrons. The number of rotatable bonds is 3. The number of amides is 1. The number of anilines is 1. The molecule has 1 aliphatic heterocycles. The molecule has 18 heavy (non-hydrogen) atoms. The highest BCUT2D eigenvalue weighted by atomic mass is 32.1. The standard InChI is InChI=1S/C12H16N4OS/c1-7-4-5-8(10(13)18)11(15-7)16-9-3-2-6-14-12(9)17/h4-5,9H,2-3,6H2,1H3,(H2,13,18)(H,14,17)(H,15,16). The molecule has 0 aromatic carbocycles. The van der Waals surface area contributed by atoms with Gasteiger partial charge in [-0.25, -0.2) is 4.98 Å². The van der Waals surface area contributed by atoms with Crippen LogP contribution in [0.1, 0.15) is 24.1 Å². The van der Waals surface area contributed by atoms with E-state index in [0.717, 1.165) is 25.1 Å². The zero-order chi connectivity index (χ0) is 13.1. The molecule has 0 saturated carbocycles. The molecule has 6 heteroatoms. The molecule has 4 N–H and O–H groups in total. The molecule has 1 amide bonds. The number of hydrogen-bond donors (Lipinski definition) is 3. The van der Waals surface area contributed by atoms with Gasteiger partial charge in [0.15, 0.2) is 0 Å². The maximum Gasteiger partial charge on any atom is 0.242 e. The Morgan fingerprint density at radius 3 is 3.06 bits per heavy atom. The summed E-state index contributed by atoms with van der Waals surface area (Å²) >= 11 is 4.99. The fourth-order valence-electron chi connectivity index (χ4n) is 1.94. The normalized spacial score (nSPS) is 19.2. The fraction of sp³-hybridized carbons (Fsp3) is 0.417. The van der Waals surface area contributed by atoms with Crippen LogP contribution in [0.15, 0.2) is 12.1 Å². The number of aromatic nitrogens is 1. The lowest BCUT2D eigenvalue weighted by Gasteiger charge is -2.24. The van der Waals surface area contributed by atoms with Crippen LogP contribution in [0.2, 0.25) is 0 Å². The largest absolute Gasteiger partial charge is 0.389 e. The van der Waals surface area contributed by atoms with Gasteiger partial charge >= 0.3 is 0 Å². The minimum atomic E-state index is -0.263. The van der Waals surface area contributed by atoms with E-state index in [4.69, 9.17) is 18.0 Å². The van der Waals surface area contributed by atoms with Gasteiger partial charge in [-0.2, -0.15) is 0 Å². The topological polar surface area (TPSA) is 80.0 Å². The third kappa shape index (κ3) is 2.76. The molecule has 1 aromatic heterocycles. The lowest BCUT2D eigenvalue weighted by Crippen LogP contribution is -2.44. The quantitative estimate of drug-likeness (QED) is 0.701. The Hall–Kier alpha value is -1.69. The van der Waals surface area contributed by atoms with Crippen molar-refractivity contribution in [2.24, 2.45) is 5.73 Å². The molecule has 1 atom stereocenters. The summed E-state index contributed by atoms with van der Waals surface area (Å²) < 4.78 is 0. The van der Waals surface area contributed by atoms with Crippen molar-refractivity contribution in [3.05, 3.63) is 23.4 Å². The average Bonchev–Trinajstić information content (AvgIpc) is 2.32. The Bertz CT molecular complexity index is 489. The van der Waals surface area contributed by atoms with Gasteiger partial charge in [0.25, 0.3) is 0 Å². The number of thiocarbonyl (C=S) groups is 1. The van der Waals surface area contributed by atoms with Gasteiger partial charge in [-0.15, -0.1) is 0 Å². The van der Waals surface area contributed by atoms with Crippen LogP contribution in [-0.4, -0.2) is 28.5 Å². The first kappa shape index (κ1) is 12.8. The summed E-state index contributed by atoms with van der Waals surface area (Å²) in [5, 5.41) is 5.95. The number of nitrogens with one attached hydrogen (secondary N) is 2. The van der Waals surface area contributed by atoms with Crippen molar-refractivity contribution in [2.75, 3.05) is 11.9 Å². The number of carbonyl (C=O) groups is 1. The minimum Gasteiger partial charge on any atom is -0.389 e. The van der Waals surface area contributed by atoms with Crippen LogP contribution < -0.4 is 16.4 Å². The Labute approximate surface area is 111 Å². The van der Waals surface area contributed by atoms with E-state index >= 15 is 0 Å². The number of piperidine rings is 1. The summed E-state index contributed by atoms with van der Waals surface area (Å²) in [7, 11) is 0. The Morgan fingerprint density at radius 1 is 1.61 bits per heavy atom. The summed E-state index contributed by atoms with van der Waals surface area (Å²) in [5.41, 5.74) is 7.19. The number of carbonyl (C=O) groups excluding carboxylic acids is 1. The second kappa shape index (κ2) is 5.30. The van der Waals surface area contributed by atoms with E-state index in [1.54, 1.807) is 0 Å². The van der Waals surface area contributed by atoms with Crippen LogP contribution in [0, 0.1) is 6.92 Å². The maximum atomic E-state index is 11.7. The average molecular weight is 264 g/mol. The van der Waals surface area contributed by atoms with Crippen molar-refractivity contribution in [3.63, 3.8) is 0 Å². The Balaban J connectivity index is 2.24. The first-order valence-corrected chi connectivity index (χ1v) is 6.30. The van der Waals surface area contributed by atoms with Gasteiger partial charge in [0.05, 0.1) is 5.56 Å². The predicted octanol–water partition coefficient (Wildman–Crippen LogP) is 0.715. The number of nitrogens with zero attached hydrogens (tertiary/aromatic N) is 1. The van der Waals surface area contributed by atoms with Crippen LogP contribution >= 0.6 is 12.2 Å². The SMILES string of the molecule is Cc1ccc(C(N)=S)c(NC2CCCNC2=O)n1. The van der Waals surface area contributed by atoms with E-state index < -0.39 is 0 Å². The molecule has 2 rings (SSSR count). The van der Waals surface area contributed by atoms with Crippen molar-refractivity contribution in [1.82, 2.24) is 10.3 Å². The second-order valence-corrected chi connectivity index (χ2v) is 4.78. The molecule has 2 heterocycles. The molecule has 5 nitrogen and oxygen atoms in total. The highest BCUT2D eigenvalue weighted by Crippen LogP contribution is 2.17. The molecule has 96 valence electrons. The third-order valence-electron chi connectivity index (χ3n) is 2.90. The summed E-state index contributed by atoms with van der Waals surface area (Å²) in [6.07, 6.45) is 1.75. The van der Waals surface area contributed by atoms with E-state index in [1.165, 1.54) is 0 Å². The molecule has 0 bridgehead atoms. The van der Waals surface area contributed by atoms with Crippen molar-refractivity contribution in [1.29, 1.82) is 0 Å². The molecule has 1 unspecified atom stereocenters. The first-order chi connectivity index (χ1) is 8.58. The lowest BCUT2D eigenvalue weighted by atomic mass is 10.1. The first-order valence-electron chi connectivity index (χ1n) is 5.89. The van der Waals surface area contributed by atoms with Crippen molar-refractivity contribution < 1.29 is 4.79 Å². The highest BCUT2D eigenvalue weighted by Gasteiger charge is 2.23. The number of pyridine rings is 1. The molecule has 0 spiro atoms. The van der Waals surface area contributed by atoms with Gasteiger partial charge in [0.2, 0.25) is 5.91 Å². The van der Waals surface area contributed by atoms with E-state index in [9.17, 15) is 4.79 Å². The summed E-state index contributed by atoms with van der Waals surface area (Å²) in [4.78, 5) is 16.3. The summed E-state index contributed by atoms with van der Waals surface area (Å²) in [6, 6.07) is 3.41. The van der Waals surface area contributed by atoms with Crippen LogP contribution in [0.4, 0.5) is 5.82 Å². The lowest BCUT2D eigenvalue weighted by molar-refractivity contribution is -0.123. The monoisotopic (exact) mass is 264 g/mol. The van der Waals surface area contributed by atoms with Gasteiger partial charge in [0.1, 0.15) is 16.8 Å². The van der Waals surface area contributed by atoms with Crippen molar-refractivity contribution in [3.8, 4) is 0 Å². The Morgan fingerprint density at radius 2 is 2.39 bits per heavy atom. The second-order valence-electron chi connectivity index (χ2n) is 4.34. The van der Waals surface area contributed by atoms with Crippen LogP contribution in [0.5, 0.6) is 0 Å². The van der Waals surface area contributed by atoms with E-state index in [0.29, 0.717) is 11.4 Å². The van der Waals surface area contributed by atoms with Gasteiger partial charge in [-0.1, -0.05) is 12.2 Å². The van der Waals surface area contributed by atoms with Crippen molar-refractivity contribution in [2.45, 2.75) is 25.8 Å². The van der Waals surface area contributed by atoms with E-state index in [2.05, 4.69) is 15.6 Å². The van der Waals surface area contributed by atoms with Crippen LogP contribution in [-0.2, 0) is 4.79 Å². The third-order valence-corrected chi connectivity index (χ3v) is 3.12. The zero-order valence-corrected chi connectivity index (χ0v) is 11.0. The highest BCUT2D eigenvalue weighted by molar-refractivity contribution is 7.80. The number of nitrogens with two attached hydrogens (primary N) is 1. The number of hydrogen-bond acceptors (Lipinski definition) is 4. The molecular weight excluding hydrogens is 248 g/mol. The molecule has 0 aliphatic carbocycles. The predicted molar refractivity (Wildman–Crippen MR) is 74.5 cm³/mol. The smallest absolute Gasteiger partial charge is 0.242 e.